The molecule has 26 heavy (non-hydrogen) atoms. The molecule has 1 atom stereocenters. The van der Waals surface area contributed by atoms with Crippen molar-refractivity contribution in [3.63, 3.8) is 0 Å². The second-order valence-electron chi connectivity index (χ2n) is 5.83. The number of carboxylic acids is 1. The number of nitrogens with one attached hydrogen (secondary N) is 2. The highest BCUT2D eigenvalue weighted by Crippen LogP contribution is 2.19. The fourth-order valence-electron chi connectivity index (χ4n) is 2.69. The maximum absolute atomic E-state index is 12.9. The molecule has 2 aromatic carbocycles. The monoisotopic (exact) mass is 352 g/mol. The van der Waals surface area contributed by atoms with Crippen LogP contribution in [0.3, 0.4) is 0 Å². The molecule has 6 heteroatoms. The Labute approximate surface area is 149 Å². The van der Waals surface area contributed by atoms with Gasteiger partial charge < -0.3 is 15.4 Å². The zero-order valence-corrected chi connectivity index (χ0v) is 13.8. The molecule has 5 nitrogen and oxygen atoms in total. The first-order valence-corrected chi connectivity index (χ1v) is 8.05. The Morgan fingerprint density at radius 2 is 1.88 bits per heavy atom. The maximum atomic E-state index is 12.9. The van der Waals surface area contributed by atoms with E-state index in [9.17, 15) is 19.1 Å². The number of fused-ring (bicyclic) bond motifs is 1. The number of aromatic nitrogens is 1. The summed E-state index contributed by atoms with van der Waals surface area (Å²) in [5.74, 6) is -1.78. The lowest BCUT2D eigenvalue weighted by Crippen LogP contribution is -2.35. The molecule has 3 rings (SSSR count). The summed E-state index contributed by atoms with van der Waals surface area (Å²) in [6.45, 7) is 0. The minimum absolute atomic E-state index is 0.258. The number of H-pyrrole nitrogens is 1. The molecular weight excluding hydrogens is 335 g/mol. The number of ketones is 1. The van der Waals surface area contributed by atoms with Crippen molar-refractivity contribution in [2.24, 2.45) is 0 Å². The third kappa shape index (κ3) is 3.97. The molecule has 0 radical (unpaired) electrons. The zero-order chi connectivity index (χ0) is 18.5. The van der Waals surface area contributed by atoms with E-state index in [0.29, 0.717) is 5.56 Å². The van der Waals surface area contributed by atoms with Crippen LogP contribution >= 0.6 is 0 Å². The van der Waals surface area contributed by atoms with Gasteiger partial charge in [-0.1, -0.05) is 18.2 Å². The highest BCUT2D eigenvalue weighted by molar-refractivity contribution is 6.04. The molecule has 0 amide bonds. The van der Waals surface area contributed by atoms with Gasteiger partial charge in [0, 0.05) is 41.4 Å². The molecule has 1 unspecified atom stereocenters. The van der Waals surface area contributed by atoms with Crippen molar-refractivity contribution in [1.82, 2.24) is 10.3 Å². The second-order valence-corrected chi connectivity index (χ2v) is 5.83. The van der Waals surface area contributed by atoms with Crippen LogP contribution in [0.5, 0.6) is 0 Å². The first kappa shape index (κ1) is 17.4. The smallest absolute Gasteiger partial charge is 0.326 e. The number of aliphatic carboxylic acids is 1. The van der Waals surface area contributed by atoms with Crippen LogP contribution in [0.1, 0.15) is 15.9 Å². The number of allylic oxidation sites excluding steroid dienone is 1. The van der Waals surface area contributed by atoms with Gasteiger partial charge in [-0.2, -0.15) is 0 Å². The Kier molecular flexibility index (Phi) is 5.12. The van der Waals surface area contributed by atoms with Crippen molar-refractivity contribution in [3.8, 4) is 0 Å². The molecular formula is C20H17FN2O3. The van der Waals surface area contributed by atoms with Crippen LogP contribution in [0.25, 0.3) is 10.9 Å². The summed E-state index contributed by atoms with van der Waals surface area (Å²) >= 11 is 0. The Bertz CT molecular complexity index is 961. The molecule has 3 aromatic rings. The molecule has 1 heterocycles. The van der Waals surface area contributed by atoms with Gasteiger partial charge in [-0.25, -0.2) is 9.18 Å². The van der Waals surface area contributed by atoms with E-state index < -0.39 is 17.8 Å². The summed E-state index contributed by atoms with van der Waals surface area (Å²) in [4.78, 5) is 26.6. The van der Waals surface area contributed by atoms with Gasteiger partial charge in [-0.15, -0.1) is 0 Å². The lowest BCUT2D eigenvalue weighted by Gasteiger charge is -2.12. The van der Waals surface area contributed by atoms with E-state index in [1.54, 1.807) is 6.20 Å². The molecule has 0 spiro atoms. The molecule has 1 aromatic heterocycles. The number of halogens is 1. The number of carbonyl (C=O) groups is 2. The fraction of sp³-hybridized carbons (Fsp3) is 0.100. The van der Waals surface area contributed by atoms with E-state index in [0.717, 1.165) is 16.5 Å². The van der Waals surface area contributed by atoms with Crippen molar-refractivity contribution in [2.45, 2.75) is 12.5 Å². The number of carboxylic acid groups (broad SMARTS) is 1. The fourth-order valence-corrected chi connectivity index (χ4v) is 2.69. The van der Waals surface area contributed by atoms with Gasteiger partial charge in [0.15, 0.2) is 5.78 Å². The van der Waals surface area contributed by atoms with Crippen LogP contribution in [0.15, 0.2) is 67.0 Å². The normalized spacial score (nSPS) is 12.3. The van der Waals surface area contributed by atoms with Crippen LogP contribution in [0.4, 0.5) is 4.39 Å². The van der Waals surface area contributed by atoms with Crippen molar-refractivity contribution < 1.29 is 19.1 Å². The highest BCUT2D eigenvalue weighted by Gasteiger charge is 2.18. The Morgan fingerprint density at radius 1 is 1.15 bits per heavy atom. The topological polar surface area (TPSA) is 82.2 Å². The van der Waals surface area contributed by atoms with Gasteiger partial charge in [0.1, 0.15) is 11.9 Å². The molecule has 0 fully saturated rings. The number of aromatic amines is 1. The van der Waals surface area contributed by atoms with Crippen molar-refractivity contribution in [1.29, 1.82) is 0 Å². The van der Waals surface area contributed by atoms with Gasteiger partial charge >= 0.3 is 5.97 Å². The number of rotatable bonds is 7. The minimum Gasteiger partial charge on any atom is -0.480 e. The molecule has 0 bridgehead atoms. The van der Waals surface area contributed by atoms with Gasteiger partial charge in [-0.3, -0.25) is 4.79 Å². The SMILES string of the molecule is O=C(C=CNC(Cc1c[nH]c2ccccc12)C(=O)O)c1ccc(F)cc1. The van der Waals surface area contributed by atoms with Gasteiger partial charge in [0.05, 0.1) is 0 Å². The van der Waals surface area contributed by atoms with E-state index in [2.05, 4.69) is 10.3 Å². The Morgan fingerprint density at radius 3 is 2.62 bits per heavy atom. The van der Waals surface area contributed by atoms with Crippen LogP contribution < -0.4 is 5.32 Å². The molecule has 0 saturated heterocycles. The first-order chi connectivity index (χ1) is 12.5. The number of carbonyl (C=O) groups excluding carboxylic acids is 1. The molecule has 0 saturated carbocycles. The summed E-state index contributed by atoms with van der Waals surface area (Å²) in [7, 11) is 0. The van der Waals surface area contributed by atoms with Crippen LogP contribution in [-0.4, -0.2) is 27.9 Å². The quantitative estimate of drug-likeness (QED) is 0.450. The van der Waals surface area contributed by atoms with Gasteiger partial charge in [0.2, 0.25) is 0 Å². The highest BCUT2D eigenvalue weighted by atomic mass is 19.1. The van der Waals surface area contributed by atoms with Crippen molar-refractivity contribution in [3.05, 3.63) is 83.9 Å². The zero-order valence-electron chi connectivity index (χ0n) is 13.8. The number of para-hydroxylation sites is 1. The van der Waals surface area contributed by atoms with E-state index >= 15 is 0 Å². The maximum Gasteiger partial charge on any atom is 0.326 e. The van der Waals surface area contributed by atoms with E-state index in [1.807, 2.05) is 24.3 Å². The predicted molar refractivity (Wildman–Crippen MR) is 96.4 cm³/mol. The lowest BCUT2D eigenvalue weighted by atomic mass is 10.1. The molecule has 0 aliphatic carbocycles. The minimum atomic E-state index is -1.02. The third-order valence-electron chi connectivity index (χ3n) is 4.06. The Balaban J connectivity index is 1.68. The van der Waals surface area contributed by atoms with E-state index in [1.165, 1.54) is 36.5 Å². The second kappa shape index (κ2) is 7.65. The summed E-state index contributed by atoms with van der Waals surface area (Å²) in [6, 6.07) is 11.9. The largest absolute Gasteiger partial charge is 0.480 e. The molecule has 0 aliphatic rings. The summed E-state index contributed by atoms with van der Waals surface area (Å²) in [6.07, 6.45) is 4.60. The van der Waals surface area contributed by atoms with Gasteiger partial charge in [0.25, 0.3) is 0 Å². The predicted octanol–water partition coefficient (Wildman–Crippen LogP) is 3.29. The number of benzene rings is 2. The third-order valence-corrected chi connectivity index (χ3v) is 4.06. The molecule has 132 valence electrons. The van der Waals surface area contributed by atoms with Crippen molar-refractivity contribution >= 4 is 22.7 Å². The van der Waals surface area contributed by atoms with Crippen LogP contribution in [0, 0.1) is 5.82 Å². The summed E-state index contributed by atoms with van der Waals surface area (Å²) in [5.41, 5.74) is 2.14. The summed E-state index contributed by atoms with van der Waals surface area (Å²) in [5, 5.41) is 13.1. The molecule has 0 aliphatic heterocycles. The average molecular weight is 352 g/mol. The molecule has 3 N–H and O–H groups in total. The Hall–Kier alpha value is -3.41. The van der Waals surface area contributed by atoms with Gasteiger partial charge in [-0.05, 0) is 35.9 Å². The van der Waals surface area contributed by atoms with Crippen LogP contribution in [-0.2, 0) is 11.2 Å². The summed E-state index contributed by atoms with van der Waals surface area (Å²) < 4.78 is 12.9. The van der Waals surface area contributed by atoms with E-state index in [-0.39, 0.29) is 12.2 Å². The van der Waals surface area contributed by atoms with Crippen molar-refractivity contribution in [2.75, 3.05) is 0 Å². The average Bonchev–Trinajstić information content (AvgIpc) is 3.04. The first-order valence-electron chi connectivity index (χ1n) is 8.05. The standard InChI is InChI=1S/C20H17FN2O3/c21-15-7-5-13(6-8-15)19(24)9-10-22-18(20(25)26)11-14-12-23-17-4-2-1-3-16(14)17/h1-10,12,18,22-23H,11H2,(H,25,26). The lowest BCUT2D eigenvalue weighted by molar-refractivity contribution is -0.139. The van der Waals surface area contributed by atoms with E-state index in [4.69, 9.17) is 0 Å². The van der Waals surface area contributed by atoms with Crippen LogP contribution in [0.2, 0.25) is 0 Å². The number of hydrogen-bond donors (Lipinski definition) is 3. The number of hydrogen-bond acceptors (Lipinski definition) is 3.